The Kier molecular flexibility index (Phi) is 3.42. The summed E-state index contributed by atoms with van der Waals surface area (Å²) in [6, 6.07) is 0. The van der Waals surface area contributed by atoms with Gasteiger partial charge in [-0.2, -0.15) is 0 Å². The van der Waals surface area contributed by atoms with Crippen LogP contribution in [0.5, 0.6) is 0 Å². The van der Waals surface area contributed by atoms with Gasteiger partial charge in [0.15, 0.2) is 5.82 Å². The minimum atomic E-state index is -0.887. The highest BCUT2D eigenvalue weighted by atomic mass is 16.6. The minimum absolute atomic E-state index is 0.0222. The second kappa shape index (κ2) is 4.99. The van der Waals surface area contributed by atoms with Crippen LogP contribution in [0.2, 0.25) is 0 Å². The van der Waals surface area contributed by atoms with E-state index < -0.39 is 5.97 Å². The van der Waals surface area contributed by atoms with Crippen LogP contribution >= 0.6 is 0 Å². The van der Waals surface area contributed by atoms with Crippen molar-refractivity contribution >= 4 is 5.97 Å². The molecule has 88 valence electrons. The van der Waals surface area contributed by atoms with Crippen molar-refractivity contribution in [2.75, 3.05) is 19.8 Å². The molecule has 0 saturated carbocycles. The van der Waals surface area contributed by atoms with Gasteiger partial charge in [-0.25, -0.2) is 4.68 Å². The summed E-state index contributed by atoms with van der Waals surface area (Å²) in [6.45, 7) is 1.69. The summed E-state index contributed by atoms with van der Waals surface area (Å²) >= 11 is 0. The normalized spacial score (nSPS) is 20.9. The van der Waals surface area contributed by atoms with Gasteiger partial charge >= 0.3 is 5.97 Å². The first-order valence-electron chi connectivity index (χ1n) is 4.94. The van der Waals surface area contributed by atoms with Gasteiger partial charge < -0.3 is 14.6 Å². The van der Waals surface area contributed by atoms with Crippen molar-refractivity contribution in [2.45, 2.75) is 19.1 Å². The maximum absolute atomic E-state index is 10.4. The lowest BCUT2D eigenvalue weighted by atomic mass is 10.3. The van der Waals surface area contributed by atoms with E-state index >= 15 is 0 Å². The first-order valence-corrected chi connectivity index (χ1v) is 4.94. The Hall–Kier alpha value is -1.54. The number of hydrogen-bond donors (Lipinski definition) is 1. The van der Waals surface area contributed by atoms with E-state index in [-0.39, 0.29) is 19.1 Å². The first kappa shape index (κ1) is 11.0. The van der Waals surface area contributed by atoms with Gasteiger partial charge in [0.1, 0.15) is 6.10 Å². The van der Waals surface area contributed by atoms with E-state index in [2.05, 4.69) is 15.5 Å². The second-order valence-electron chi connectivity index (χ2n) is 3.34. The van der Waals surface area contributed by atoms with E-state index in [1.165, 1.54) is 4.68 Å². The molecule has 2 rings (SSSR count). The number of aliphatic carboxylic acids is 1. The quantitative estimate of drug-likeness (QED) is 0.722. The number of ether oxygens (including phenoxy) is 2. The Bertz CT molecular complexity index is 361. The van der Waals surface area contributed by atoms with E-state index in [1.54, 1.807) is 0 Å². The SMILES string of the molecule is O=C(O)CCn1nnnc1C1COCCO1. The molecule has 0 aromatic carbocycles. The number of carboxylic acid groups (broad SMARTS) is 1. The summed E-state index contributed by atoms with van der Waals surface area (Å²) in [4.78, 5) is 10.4. The van der Waals surface area contributed by atoms with Crippen LogP contribution in [0, 0.1) is 0 Å². The predicted octanol–water partition coefficient (Wildman–Crippen LogP) is -0.764. The molecule has 1 aliphatic rings. The molecule has 8 nitrogen and oxygen atoms in total. The molecule has 1 unspecified atom stereocenters. The van der Waals surface area contributed by atoms with Gasteiger partial charge in [0.05, 0.1) is 32.8 Å². The van der Waals surface area contributed by atoms with Gasteiger partial charge in [0, 0.05) is 0 Å². The molecule has 0 bridgehead atoms. The summed E-state index contributed by atoms with van der Waals surface area (Å²) in [5, 5.41) is 19.6. The zero-order valence-electron chi connectivity index (χ0n) is 8.57. The van der Waals surface area contributed by atoms with Crippen molar-refractivity contribution in [3.63, 3.8) is 0 Å². The average molecular weight is 228 g/mol. The predicted molar refractivity (Wildman–Crippen MR) is 49.6 cm³/mol. The largest absolute Gasteiger partial charge is 0.481 e. The number of hydrogen-bond acceptors (Lipinski definition) is 6. The lowest BCUT2D eigenvalue weighted by Gasteiger charge is -2.21. The van der Waals surface area contributed by atoms with Crippen LogP contribution in [0.15, 0.2) is 0 Å². The lowest BCUT2D eigenvalue weighted by Crippen LogP contribution is -2.25. The molecule has 1 aromatic rings. The number of aryl methyl sites for hydroxylation is 1. The van der Waals surface area contributed by atoms with Crippen LogP contribution in [0.3, 0.4) is 0 Å². The van der Waals surface area contributed by atoms with Crippen molar-refractivity contribution < 1.29 is 19.4 Å². The highest BCUT2D eigenvalue weighted by Crippen LogP contribution is 2.17. The monoisotopic (exact) mass is 228 g/mol. The Balaban J connectivity index is 2.02. The Morgan fingerprint density at radius 2 is 2.44 bits per heavy atom. The Labute approximate surface area is 91.1 Å². The van der Waals surface area contributed by atoms with E-state index in [0.717, 1.165) is 0 Å². The van der Waals surface area contributed by atoms with Crippen molar-refractivity contribution in [3.05, 3.63) is 5.82 Å². The number of rotatable bonds is 4. The van der Waals surface area contributed by atoms with Gasteiger partial charge in [-0.05, 0) is 10.4 Å². The van der Waals surface area contributed by atoms with Crippen molar-refractivity contribution in [1.82, 2.24) is 20.2 Å². The molecule has 0 aliphatic carbocycles. The molecule has 0 amide bonds. The molecule has 16 heavy (non-hydrogen) atoms. The number of nitrogens with zero attached hydrogens (tertiary/aromatic N) is 4. The van der Waals surface area contributed by atoms with Crippen molar-refractivity contribution in [3.8, 4) is 0 Å². The molecule has 1 fully saturated rings. The topological polar surface area (TPSA) is 99.4 Å². The average Bonchev–Trinajstić information content (AvgIpc) is 2.75. The van der Waals surface area contributed by atoms with Gasteiger partial charge in [-0.1, -0.05) is 0 Å². The molecule has 1 saturated heterocycles. The number of carboxylic acids is 1. The molecule has 0 spiro atoms. The maximum atomic E-state index is 10.4. The third-order valence-corrected chi connectivity index (χ3v) is 2.20. The highest BCUT2D eigenvalue weighted by molar-refractivity contribution is 5.66. The fourth-order valence-corrected chi connectivity index (χ4v) is 1.44. The Morgan fingerprint density at radius 3 is 3.12 bits per heavy atom. The zero-order valence-corrected chi connectivity index (χ0v) is 8.57. The van der Waals surface area contributed by atoms with E-state index in [9.17, 15) is 4.79 Å². The standard InChI is InChI=1S/C8H12N4O4/c13-7(14)1-2-12-8(9-10-11-12)6-5-15-3-4-16-6/h6H,1-5H2,(H,13,14). The van der Waals surface area contributed by atoms with Gasteiger partial charge in [-0.3, -0.25) is 4.79 Å². The molecule has 1 aromatic heterocycles. The lowest BCUT2D eigenvalue weighted by molar-refractivity contribution is -0.137. The molecule has 8 heteroatoms. The molecule has 1 N–H and O–H groups in total. The smallest absolute Gasteiger partial charge is 0.305 e. The van der Waals surface area contributed by atoms with E-state index in [0.29, 0.717) is 25.6 Å². The molecule has 1 atom stereocenters. The fraction of sp³-hybridized carbons (Fsp3) is 0.750. The molecule has 0 radical (unpaired) electrons. The number of carbonyl (C=O) groups is 1. The van der Waals surface area contributed by atoms with Crippen LogP contribution in [-0.2, 0) is 20.8 Å². The summed E-state index contributed by atoms with van der Waals surface area (Å²) in [5.74, 6) is -0.372. The molecular formula is C8H12N4O4. The van der Waals surface area contributed by atoms with Gasteiger partial charge in [0.25, 0.3) is 0 Å². The minimum Gasteiger partial charge on any atom is -0.481 e. The highest BCUT2D eigenvalue weighted by Gasteiger charge is 2.23. The van der Waals surface area contributed by atoms with E-state index in [4.69, 9.17) is 14.6 Å². The third-order valence-electron chi connectivity index (χ3n) is 2.20. The molecule has 1 aliphatic heterocycles. The first-order chi connectivity index (χ1) is 7.77. The van der Waals surface area contributed by atoms with Crippen LogP contribution in [0.4, 0.5) is 0 Å². The van der Waals surface area contributed by atoms with Crippen LogP contribution in [0.1, 0.15) is 18.3 Å². The Morgan fingerprint density at radius 1 is 1.56 bits per heavy atom. The van der Waals surface area contributed by atoms with Gasteiger partial charge in [-0.15, -0.1) is 5.10 Å². The van der Waals surface area contributed by atoms with E-state index in [1.807, 2.05) is 0 Å². The molecular weight excluding hydrogens is 216 g/mol. The summed E-state index contributed by atoms with van der Waals surface area (Å²) in [7, 11) is 0. The van der Waals surface area contributed by atoms with Crippen molar-refractivity contribution in [1.29, 1.82) is 0 Å². The van der Waals surface area contributed by atoms with Crippen molar-refractivity contribution in [2.24, 2.45) is 0 Å². The summed E-state index contributed by atoms with van der Waals surface area (Å²) in [6.07, 6.45) is -0.330. The van der Waals surface area contributed by atoms with Crippen LogP contribution in [0.25, 0.3) is 0 Å². The van der Waals surface area contributed by atoms with Crippen LogP contribution < -0.4 is 0 Å². The fourth-order valence-electron chi connectivity index (χ4n) is 1.44. The maximum Gasteiger partial charge on any atom is 0.305 e. The van der Waals surface area contributed by atoms with Gasteiger partial charge in [0.2, 0.25) is 0 Å². The second-order valence-corrected chi connectivity index (χ2v) is 3.34. The number of aromatic nitrogens is 4. The third kappa shape index (κ3) is 2.52. The zero-order chi connectivity index (χ0) is 11.4. The van der Waals surface area contributed by atoms with Crippen LogP contribution in [-0.4, -0.2) is 51.1 Å². The summed E-state index contributed by atoms with van der Waals surface area (Å²) in [5.41, 5.74) is 0. The summed E-state index contributed by atoms with van der Waals surface area (Å²) < 4.78 is 12.1. The number of tetrazole rings is 1. The molecule has 2 heterocycles.